The van der Waals surface area contributed by atoms with Gasteiger partial charge in [0.05, 0.1) is 10.8 Å². The van der Waals surface area contributed by atoms with Crippen molar-refractivity contribution >= 4 is 17.5 Å². The van der Waals surface area contributed by atoms with Crippen molar-refractivity contribution in [3.05, 3.63) is 27.9 Å². The Kier molecular flexibility index (Phi) is 4.20. The van der Waals surface area contributed by atoms with E-state index in [9.17, 15) is 28.1 Å². The molecule has 0 bridgehead atoms. The molecule has 0 spiro atoms. The molecule has 10 heteroatoms. The number of alkyl halides is 3. The van der Waals surface area contributed by atoms with Crippen molar-refractivity contribution in [2.45, 2.75) is 19.0 Å². The number of halogens is 3. The number of anilines is 1. The Balaban J connectivity index is 2.31. The number of pyridine rings is 1. The smallest absolute Gasteiger partial charge is 0.393 e. The van der Waals surface area contributed by atoms with Crippen LogP contribution >= 0.6 is 0 Å². The first-order valence-corrected chi connectivity index (χ1v) is 6.39. The molecule has 0 radical (unpaired) electrons. The standard InChI is InChI=1S/C12H12F3N3O4/c13-12(14,15)7-2-1-3-17(6-7)10-4-8(11(19)20)9(5-16-10)18(21)22/h4-5,7H,1-3,6H2,(H,19,20). The van der Waals surface area contributed by atoms with E-state index >= 15 is 0 Å². The Bertz CT molecular complexity index is 606. The van der Waals surface area contributed by atoms with Gasteiger partial charge in [-0.2, -0.15) is 13.2 Å². The number of carbonyl (C=O) groups is 1. The van der Waals surface area contributed by atoms with Gasteiger partial charge in [-0.1, -0.05) is 0 Å². The molecule has 0 amide bonds. The third-order valence-corrected chi connectivity index (χ3v) is 3.50. The van der Waals surface area contributed by atoms with Crippen LogP contribution in [0.5, 0.6) is 0 Å². The van der Waals surface area contributed by atoms with E-state index in [1.165, 1.54) is 4.90 Å². The van der Waals surface area contributed by atoms with Crippen LogP contribution in [0.25, 0.3) is 0 Å². The van der Waals surface area contributed by atoms with E-state index < -0.39 is 34.2 Å². The van der Waals surface area contributed by atoms with E-state index in [1.54, 1.807) is 0 Å². The molecule has 1 saturated heterocycles. The second-order valence-electron chi connectivity index (χ2n) is 4.95. The summed E-state index contributed by atoms with van der Waals surface area (Å²) < 4.78 is 38.3. The summed E-state index contributed by atoms with van der Waals surface area (Å²) >= 11 is 0. The highest BCUT2D eigenvalue weighted by Crippen LogP contribution is 2.35. The number of piperidine rings is 1. The molecule has 1 aromatic rings. The first kappa shape index (κ1) is 16.0. The molecule has 1 aromatic heterocycles. The van der Waals surface area contributed by atoms with Gasteiger partial charge in [-0.05, 0) is 12.8 Å². The summed E-state index contributed by atoms with van der Waals surface area (Å²) in [5.74, 6) is -3.05. The Hall–Kier alpha value is -2.39. The molecule has 1 N–H and O–H groups in total. The maximum Gasteiger partial charge on any atom is 0.393 e. The average molecular weight is 319 g/mol. The topological polar surface area (TPSA) is 96.6 Å². The van der Waals surface area contributed by atoms with Crippen LogP contribution in [-0.2, 0) is 0 Å². The molecule has 1 aliphatic rings. The Labute approximate surface area is 122 Å². The fraction of sp³-hybridized carbons (Fsp3) is 0.500. The van der Waals surface area contributed by atoms with Gasteiger partial charge in [-0.25, -0.2) is 9.78 Å². The SMILES string of the molecule is O=C(O)c1cc(N2CCCC(C(F)(F)F)C2)ncc1[N+](=O)[O-]. The fourth-order valence-corrected chi connectivity index (χ4v) is 2.38. The predicted molar refractivity (Wildman–Crippen MR) is 68.8 cm³/mol. The summed E-state index contributed by atoms with van der Waals surface area (Å²) in [5.41, 5.74) is -1.29. The van der Waals surface area contributed by atoms with Crippen LogP contribution in [0, 0.1) is 16.0 Å². The minimum atomic E-state index is -4.34. The summed E-state index contributed by atoms with van der Waals surface area (Å²) in [7, 11) is 0. The van der Waals surface area contributed by atoms with Crippen molar-refractivity contribution in [3.8, 4) is 0 Å². The molecule has 0 aliphatic carbocycles. The predicted octanol–water partition coefficient (Wildman–Crippen LogP) is 2.47. The summed E-state index contributed by atoms with van der Waals surface area (Å²) in [5, 5.41) is 19.7. The molecule has 22 heavy (non-hydrogen) atoms. The summed E-state index contributed by atoms with van der Waals surface area (Å²) in [6, 6.07) is 0.944. The number of aromatic carboxylic acids is 1. The number of nitrogens with zero attached hydrogens (tertiary/aromatic N) is 3. The van der Waals surface area contributed by atoms with Gasteiger partial charge in [-0.3, -0.25) is 10.1 Å². The molecule has 0 aromatic carbocycles. The van der Waals surface area contributed by atoms with E-state index in [0.717, 1.165) is 12.3 Å². The molecule has 1 fully saturated rings. The van der Waals surface area contributed by atoms with Crippen LogP contribution in [0.4, 0.5) is 24.7 Å². The quantitative estimate of drug-likeness (QED) is 0.679. The third kappa shape index (κ3) is 3.26. The van der Waals surface area contributed by atoms with Crippen LogP contribution in [0.15, 0.2) is 12.3 Å². The molecule has 1 aliphatic heterocycles. The van der Waals surface area contributed by atoms with Crippen molar-refractivity contribution in [2.24, 2.45) is 5.92 Å². The zero-order valence-corrected chi connectivity index (χ0v) is 11.2. The number of rotatable bonds is 3. The Morgan fingerprint density at radius 2 is 2.18 bits per heavy atom. The molecule has 120 valence electrons. The van der Waals surface area contributed by atoms with E-state index in [2.05, 4.69) is 4.98 Å². The van der Waals surface area contributed by atoms with E-state index in [1.807, 2.05) is 0 Å². The summed E-state index contributed by atoms with van der Waals surface area (Å²) in [6.07, 6.45) is -3.30. The number of nitro groups is 1. The fourth-order valence-electron chi connectivity index (χ4n) is 2.38. The number of hydrogen-bond donors (Lipinski definition) is 1. The molecular weight excluding hydrogens is 307 g/mol. The van der Waals surface area contributed by atoms with Gasteiger partial charge in [0, 0.05) is 19.2 Å². The van der Waals surface area contributed by atoms with Gasteiger partial charge >= 0.3 is 17.8 Å². The van der Waals surface area contributed by atoms with Crippen LogP contribution in [0.1, 0.15) is 23.2 Å². The number of carboxylic acid groups (broad SMARTS) is 1. The molecular formula is C12H12F3N3O4. The van der Waals surface area contributed by atoms with Crippen molar-refractivity contribution < 1.29 is 28.0 Å². The number of hydrogen-bond acceptors (Lipinski definition) is 5. The molecule has 2 rings (SSSR count). The van der Waals surface area contributed by atoms with Gasteiger partial charge < -0.3 is 10.0 Å². The first-order chi connectivity index (χ1) is 10.2. The molecule has 1 unspecified atom stereocenters. The van der Waals surface area contributed by atoms with E-state index in [0.29, 0.717) is 0 Å². The average Bonchev–Trinajstić information content (AvgIpc) is 2.45. The van der Waals surface area contributed by atoms with Crippen LogP contribution in [0.3, 0.4) is 0 Å². The second kappa shape index (κ2) is 5.78. The highest BCUT2D eigenvalue weighted by Gasteiger charge is 2.42. The highest BCUT2D eigenvalue weighted by atomic mass is 19.4. The Morgan fingerprint density at radius 1 is 1.50 bits per heavy atom. The lowest BCUT2D eigenvalue weighted by atomic mass is 9.97. The third-order valence-electron chi connectivity index (χ3n) is 3.50. The number of aromatic nitrogens is 1. The zero-order valence-electron chi connectivity index (χ0n) is 11.2. The highest BCUT2D eigenvalue weighted by molar-refractivity contribution is 5.93. The van der Waals surface area contributed by atoms with Crippen molar-refractivity contribution in [1.82, 2.24) is 4.98 Å². The minimum Gasteiger partial charge on any atom is -0.477 e. The lowest BCUT2D eigenvalue weighted by molar-refractivity contribution is -0.385. The molecule has 1 atom stereocenters. The largest absolute Gasteiger partial charge is 0.477 e. The first-order valence-electron chi connectivity index (χ1n) is 6.39. The minimum absolute atomic E-state index is 0.00122. The molecule has 2 heterocycles. The molecule has 0 saturated carbocycles. The van der Waals surface area contributed by atoms with Gasteiger partial charge in [-0.15, -0.1) is 0 Å². The van der Waals surface area contributed by atoms with Crippen molar-refractivity contribution in [2.75, 3.05) is 18.0 Å². The van der Waals surface area contributed by atoms with Crippen LogP contribution < -0.4 is 4.90 Å². The molecule has 7 nitrogen and oxygen atoms in total. The van der Waals surface area contributed by atoms with Gasteiger partial charge in [0.25, 0.3) is 0 Å². The lowest BCUT2D eigenvalue weighted by Gasteiger charge is -2.34. The van der Waals surface area contributed by atoms with E-state index in [4.69, 9.17) is 5.11 Å². The van der Waals surface area contributed by atoms with Crippen molar-refractivity contribution in [3.63, 3.8) is 0 Å². The summed E-state index contributed by atoms with van der Waals surface area (Å²) in [6.45, 7) is -0.0518. The Morgan fingerprint density at radius 3 is 2.73 bits per heavy atom. The normalized spacial score (nSPS) is 19.0. The van der Waals surface area contributed by atoms with E-state index in [-0.39, 0.29) is 31.7 Å². The second-order valence-corrected chi connectivity index (χ2v) is 4.95. The van der Waals surface area contributed by atoms with Crippen molar-refractivity contribution in [1.29, 1.82) is 0 Å². The lowest BCUT2D eigenvalue weighted by Crippen LogP contribution is -2.42. The monoisotopic (exact) mass is 319 g/mol. The maximum atomic E-state index is 12.8. The van der Waals surface area contributed by atoms with Crippen LogP contribution in [-0.4, -0.2) is 40.2 Å². The van der Waals surface area contributed by atoms with Gasteiger partial charge in [0.1, 0.15) is 17.6 Å². The zero-order chi connectivity index (χ0) is 16.5. The number of carboxylic acids is 1. The van der Waals surface area contributed by atoms with Gasteiger partial charge in [0.2, 0.25) is 0 Å². The maximum absolute atomic E-state index is 12.8. The van der Waals surface area contributed by atoms with Gasteiger partial charge in [0.15, 0.2) is 0 Å². The van der Waals surface area contributed by atoms with Crippen LogP contribution in [0.2, 0.25) is 0 Å². The summed E-state index contributed by atoms with van der Waals surface area (Å²) in [4.78, 5) is 25.9.